The third-order valence-electron chi connectivity index (χ3n) is 5.24. The van der Waals surface area contributed by atoms with Crippen molar-refractivity contribution in [2.24, 2.45) is 0 Å². The van der Waals surface area contributed by atoms with Crippen molar-refractivity contribution in [2.45, 2.75) is 56.8 Å². The number of carbonyl (C=O) groups excluding carboxylic acids is 1. The molecule has 152 valence electrons. The van der Waals surface area contributed by atoms with Gasteiger partial charge in [0, 0.05) is 32.7 Å². The van der Waals surface area contributed by atoms with Crippen molar-refractivity contribution in [3.05, 3.63) is 41.7 Å². The van der Waals surface area contributed by atoms with Crippen LogP contribution in [0.15, 0.2) is 35.5 Å². The predicted octanol–water partition coefficient (Wildman–Crippen LogP) is 3.20. The van der Waals surface area contributed by atoms with Crippen LogP contribution in [0.4, 0.5) is 0 Å². The molecule has 28 heavy (non-hydrogen) atoms. The number of nitrogens with zero attached hydrogens (tertiary/aromatic N) is 4. The molecule has 2 heterocycles. The third-order valence-corrected chi connectivity index (χ3v) is 6.19. The highest BCUT2D eigenvalue weighted by molar-refractivity contribution is 7.99. The molecule has 3 rings (SSSR count). The van der Waals surface area contributed by atoms with E-state index in [0.29, 0.717) is 24.9 Å². The van der Waals surface area contributed by atoms with Gasteiger partial charge >= 0.3 is 0 Å². The van der Waals surface area contributed by atoms with E-state index in [1.165, 1.54) is 23.7 Å². The summed E-state index contributed by atoms with van der Waals surface area (Å²) in [5.41, 5.74) is 1.28. The molecule has 0 bridgehead atoms. The van der Waals surface area contributed by atoms with E-state index in [0.717, 1.165) is 43.2 Å². The highest BCUT2D eigenvalue weighted by Gasteiger charge is 2.24. The molecular formula is C21H30N4O2S. The van der Waals surface area contributed by atoms with E-state index in [1.807, 2.05) is 11.0 Å². The molecule has 0 saturated carbocycles. The number of hydrogen-bond donors (Lipinski definition) is 0. The van der Waals surface area contributed by atoms with Crippen molar-refractivity contribution in [2.75, 3.05) is 26.0 Å². The van der Waals surface area contributed by atoms with Gasteiger partial charge in [-0.2, -0.15) is 0 Å². The Morgan fingerprint density at radius 1 is 1.21 bits per heavy atom. The maximum Gasteiger partial charge on any atom is 0.233 e. The molecule has 0 radical (unpaired) electrons. The number of hydrogen-bond acceptors (Lipinski definition) is 5. The van der Waals surface area contributed by atoms with Crippen LogP contribution in [0.2, 0.25) is 0 Å². The van der Waals surface area contributed by atoms with Gasteiger partial charge in [-0.25, -0.2) is 0 Å². The minimum absolute atomic E-state index is 0.198. The molecule has 6 nitrogen and oxygen atoms in total. The second-order valence-electron chi connectivity index (χ2n) is 7.25. The number of amides is 1. The average Bonchev–Trinajstić information content (AvgIpc) is 3.11. The van der Waals surface area contributed by atoms with E-state index in [4.69, 9.17) is 4.74 Å². The van der Waals surface area contributed by atoms with Crippen LogP contribution in [-0.2, 0) is 28.9 Å². The normalized spacial score (nSPS) is 17.1. The SMILES string of the molecule is COCCn1c(CCc2ccccc2)nnc1SCC(=O)N1CCCC[C@H]1C. The van der Waals surface area contributed by atoms with Crippen LogP contribution in [0.25, 0.3) is 0 Å². The van der Waals surface area contributed by atoms with E-state index >= 15 is 0 Å². The fourth-order valence-electron chi connectivity index (χ4n) is 3.60. The first-order valence-electron chi connectivity index (χ1n) is 10.1. The molecule has 1 fully saturated rings. The fourth-order valence-corrected chi connectivity index (χ4v) is 4.47. The first kappa shape index (κ1) is 20.9. The molecule has 1 amide bonds. The Labute approximate surface area is 171 Å². The van der Waals surface area contributed by atoms with Crippen LogP contribution in [0.5, 0.6) is 0 Å². The Hall–Kier alpha value is -1.86. The van der Waals surface area contributed by atoms with Crippen LogP contribution in [0.3, 0.4) is 0 Å². The summed E-state index contributed by atoms with van der Waals surface area (Å²) < 4.78 is 7.36. The minimum atomic E-state index is 0.198. The van der Waals surface area contributed by atoms with Crippen LogP contribution in [0.1, 0.15) is 37.6 Å². The molecule has 2 aromatic rings. The zero-order chi connectivity index (χ0) is 19.8. The monoisotopic (exact) mass is 402 g/mol. The number of carbonyl (C=O) groups is 1. The highest BCUT2D eigenvalue weighted by Crippen LogP contribution is 2.22. The molecule has 0 spiro atoms. The lowest BCUT2D eigenvalue weighted by atomic mass is 10.0. The van der Waals surface area contributed by atoms with Gasteiger partial charge in [-0.15, -0.1) is 10.2 Å². The summed E-state index contributed by atoms with van der Waals surface area (Å²) in [6, 6.07) is 10.7. The Morgan fingerprint density at radius 2 is 2.04 bits per heavy atom. The molecule has 1 aromatic heterocycles. The molecule has 1 aromatic carbocycles. The Bertz CT molecular complexity index is 750. The fraction of sp³-hybridized carbons (Fsp3) is 0.571. The zero-order valence-corrected chi connectivity index (χ0v) is 17.7. The van der Waals surface area contributed by atoms with Crippen molar-refractivity contribution < 1.29 is 9.53 Å². The van der Waals surface area contributed by atoms with Crippen molar-refractivity contribution >= 4 is 17.7 Å². The molecule has 1 aliphatic rings. The first-order chi connectivity index (χ1) is 13.7. The average molecular weight is 403 g/mol. The molecule has 1 aliphatic heterocycles. The van der Waals surface area contributed by atoms with Crippen LogP contribution >= 0.6 is 11.8 Å². The summed E-state index contributed by atoms with van der Waals surface area (Å²) in [5.74, 6) is 1.56. The van der Waals surface area contributed by atoms with Gasteiger partial charge in [0.2, 0.25) is 5.91 Å². The number of thioether (sulfide) groups is 1. The van der Waals surface area contributed by atoms with Gasteiger partial charge in [0.15, 0.2) is 5.16 Å². The van der Waals surface area contributed by atoms with Gasteiger partial charge in [-0.1, -0.05) is 42.1 Å². The first-order valence-corrected chi connectivity index (χ1v) is 11.0. The Balaban J connectivity index is 1.62. The molecule has 1 atom stereocenters. The van der Waals surface area contributed by atoms with Crippen molar-refractivity contribution in [1.82, 2.24) is 19.7 Å². The smallest absolute Gasteiger partial charge is 0.233 e. The Kier molecular flexibility index (Phi) is 7.91. The second kappa shape index (κ2) is 10.6. The maximum absolute atomic E-state index is 12.6. The number of methoxy groups -OCH3 is 1. The maximum atomic E-state index is 12.6. The summed E-state index contributed by atoms with van der Waals surface area (Å²) in [6.07, 6.45) is 5.16. The molecule has 1 saturated heterocycles. The van der Waals surface area contributed by atoms with Crippen LogP contribution in [-0.4, -0.2) is 57.6 Å². The molecule has 7 heteroatoms. The third kappa shape index (κ3) is 5.58. The summed E-state index contributed by atoms with van der Waals surface area (Å²) in [7, 11) is 1.70. The van der Waals surface area contributed by atoms with E-state index in [1.54, 1.807) is 7.11 Å². The standard InChI is InChI=1S/C21H30N4O2S/c1-17-8-6-7-13-24(17)20(26)16-28-21-23-22-19(25(21)14-15-27-2)12-11-18-9-4-3-5-10-18/h3-5,9-10,17H,6-8,11-16H2,1-2H3/t17-/m1/s1. The Morgan fingerprint density at radius 3 is 2.79 bits per heavy atom. The second-order valence-corrected chi connectivity index (χ2v) is 8.19. The van der Waals surface area contributed by atoms with Gasteiger partial charge in [0.05, 0.1) is 12.4 Å². The number of benzene rings is 1. The number of aryl methyl sites for hydroxylation is 2. The van der Waals surface area contributed by atoms with Crippen LogP contribution < -0.4 is 0 Å². The summed E-state index contributed by atoms with van der Waals surface area (Å²) in [6.45, 7) is 4.31. The lowest BCUT2D eigenvalue weighted by Crippen LogP contribution is -2.43. The van der Waals surface area contributed by atoms with E-state index in [-0.39, 0.29) is 5.91 Å². The minimum Gasteiger partial charge on any atom is -0.383 e. The van der Waals surface area contributed by atoms with E-state index in [9.17, 15) is 4.79 Å². The lowest BCUT2D eigenvalue weighted by molar-refractivity contribution is -0.131. The summed E-state index contributed by atoms with van der Waals surface area (Å²) in [4.78, 5) is 14.7. The lowest BCUT2D eigenvalue weighted by Gasteiger charge is -2.33. The highest BCUT2D eigenvalue weighted by atomic mass is 32.2. The summed E-state index contributed by atoms with van der Waals surface area (Å²) >= 11 is 1.49. The van der Waals surface area contributed by atoms with Crippen LogP contribution in [0, 0.1) is 0 Å². The van der Waals surface area contributed by atoms with Gasteiger partial charge in [0.1, 0.15) is 5.82 Å². The quantitative estimate of drug-likeness (QED) is 0.603. The molecular weight excluding hydrogens is 372 g/mol. The molecule has 0 unspecified atom stereocenters. The van der Waals surface area contributed by atoms with Gasteiger partial charge in [-0.3, -0.25) is 4.79 Å². The zero-order valence-electron chi connectivity index (χ0n) is 16.8. The van der Waals surface area contributed by atoms with Gasteiger partial charge < -0.3 is 14.2 Å². The van der Waals surface area contributed by atoms with E-state index < -0.39 is 0 Å². The van der Waals surface area contributed by atoms with Crippen molar-refractivity contribution in [3.63, 3.8) is 0 Å². The number of piperidine rings is 1. The molecule has 0 aliphatic carbocycles. The predicted molar refractivity (Wildman–Crippen MR) is 111 cm³/mol. The van der Waals surface area contributed by atoms with Crippen molar-refractivity contribution in [1.29, 1.82) is 0 Å². The number of ether oxygens (including phenoxy) is 1. The summed E-state index contributed by atoms with van der Waals surface area (Å²) in [5, 5.41) is 9.57. The topological polar surface area (TPSA) is 60.2 Å². The number of rotatable bonds is 9. The largest absolute Gasteiger partial charge is 0.383 e. The van der Waals surface area contributed by atoms with Crippen molar-refractivity contribution in [3.8, 4) is 0 Å². The number of aromatic nitrogens is 3. The molecule has 0 N–H and O–H groups in total. The van der Waals surface area contributed by atoms with Gasteiger partial charge in [-0.05, 0) is 38.2 Å². The van der Waals surface area contributed by atoms with Gasteiger partial charge in [0.25, 0.3) is 0 Å². The number of likely N-dealkylation sites (tertiary alicyclic amines) is 1. The van der Waals surface area contributed by atoms with E-state index in [2.05, 4.69) is 46.0 Å².